The van der Waals surface area contributed by atoms with E-state index in [9.17, 15) is 30.7 Å². The molecule has 0 aliphatic rings. The average molecular weight is 380 g/mol. The van der Waals surface area contributed by atoms with Gasteiger partial charge in [0.25, 0.3) is 0 Å². The lowest BCUT2D eigenvalue weighted by molar-refractivity contribution is -0.275. The van der Waals surface area contributed by atoms with Crippen LogP contribution in [-0.2, 0) is 6.11 Å². The molecule has 0 aromatic heterocycles. The summed E-state index contributed by atoms with van der Waals surface area (Å²) >= 11 is 0. The van der Waals surface area contributed by atoms with E-state index in [1.807, 2.05) is 0 Å². The maximum Gasteiger partial charge on any atom is 0.573 e. The van der Waals surface area contributed by atoms with Gasteiger partial charge in [0, 0.05) is 6.07 Å². The van der Waals surface area contributed by atoms with E-state index in [2.05, 4.69) is 9.47 Å². The van der Waals surface area contributed by atoms with Crippen LogP contribution in [0.1, 0.15) is 18.1 Å². The van der Waals surface area contributed by atoms with Gasteiger partial charge in [0.05, 0.1) is 5.56 Å². The minimum Gasteiger partial charge on any atom is -0.429 e. The summed E-state index contributed by atoms with van der Waals surface area (Å²) in [4.78, 5) is 0. The van der Waals surface area contributed by atoms with Gasteiger partial charge >= 0.3 is 12.5 Å². The van der Waals surface area contributed by atoms with Crippen LogP contribution in [0.5, 0.6) is 11.5 Å². The van der Waals surface area contributed by atoms with E-state index >= 15 is 0 Å². The molecular formula is C17H11F7O2. The van der Waals surface area contributed by atoms with Crippen LogP contribution in [0.25, 0.3) is 6.08 Å². The van der Waals surface area contributed by atoms with E-state index in [1.54, 1.807) is 13.0 Å². The van der Waals surface area contributed by atoms with Gasteiger partial charge in [-0.2, -0.15) is 8.78 Å². The van der Waals surface area contributed by atoms with E-state index in [0.29, 0.717) is 17.7 Å². The highest BCUT2D eigenvalue weighted by atomic mass is 19.4. The first-order valence-electron chi connectivity index (χ1n) is 7.06. The summed E-state index contributed by atoms with van der Waals surface area (Å²) in [5.41, 5.74) is -0.772. The summed E-state index contributed by atoms with van der Waals surface area (Å²) in [6.07, 6.45) is -6.26. The third-order valence-corrected chi connectivity index (χ3v) is 3.04. The number of ether oxygens (including phenoxy) is 2. The summed E-state index contributed by atoms with van der Waals surface area (Å²) in [7, 11) is 0. The lowest BCUT2D eigenvalue weighted by Gasteiger charge is -2.19. The Morgan fingerprint density at radius 1 is 0.846 bits per heavy atom. The molecule has 0 bridgehead atoms. The van der Waals surface area contributed by atoms with Crippen molar-refractivity contribution >= 4 is 6.08 Å². The zero-order valence-electron chi connectivity index (χ0n) is 13.1. The summed E-state index contributed by atoms with van der Waals surface area (Å²) < 4.78 is 99.5. The van der Waals surface area contributed by atoms with Crippen molar-refractivity contribution in [3.63, 3.8) is 0 Å². The van der Waals surface area contributed by atoms with Crippen molar-refractivity contribution in [3.05, 3.63) is 65.2 Å². The molecule has 0 heterocycles. The fourth-order valence-corrected chi connectivity index (χ4v) is 2.02. The molecule has 0 radical (unpaired) electrons. The van der Waals surface area contributed by atoms with Gasteiger partial charge in [-0.05, 0) is 36.8 Å². The number of rotatable bonds is 5. The Kier molecular flexibility index (Phi) is 5.48. The van der Waals surface area contributed by atoms with Crippen LogP contribution in [-0.4, -0.2) is 6.36 Å². The van der Waals surface area contributed by atoms with E-state index in [1.165, 1.54) is 12.1 Å². The van der Waals surface area contributed by atoms with Gasteiger partial charge in [-0.25, -0.2) is 8.78 Å². The van der Waals surface area contributed by atoms with Crippen LogP contribution >= 0.6 is 0 Å². The van der Waals surface area contributed by atoms with Gasteiger partial charge in [-0.15, -0.1) is 13.2 Å². The molecule has 0 aliphatic heterocycles. The predicted molar refractivity (Wildman–Crippen MR) is 78.7 cm³/mol. The van der Waals surface area contributed by atoms with Crippen LogP contribution in [0.2, 0.25) is 0 Å². The Bertz CT molecular complexity index is 813. The molecular weight excluding hydrogens is 369 g/mol. The molecule has 0 saturated heterocycles. The molecule has 0 N–H and O–H groups in total. The SMILES string of the molecule is C/C=C/c1ccc(C(F)(F)Oc2ccc(OC(F)(F)F)c(F)c2)c(F)c1. The lowest BCUT2D eigenvalue weighted by Crippen LogP contribution is -2.23. The monoisotopic (exact) mass is 380 g/mol. The van der Waals surface area contributed by atoms with Gasteiger partial charge in [0.15, 0.2) is 11.6 Å². The molecule has 2 aromatic carbocycles. The molecule has 0 saturated carbocycles. The smallest absolute Gasteiger partial charge is 0.429 e. The Morgan fingerprint density at radius 2 is 1.54 bits per heavy atom. The first kappa shape index (κ1) is 19.6. The molecule has 0 amide bonds. The normalized spacial score (nSPS) is 12.5. The molecule has 140 valence electrons. The van der Waals surface area contributed by atoms with Crippen molar-refractivity contribution in [2.24, 2.45) is 0 Å². The Hall–Kier alpha value is -2.71. The van der Waals surface area contributed by atoms with E-state index in [4.69, 9.17) is 0 Å². The Labute approximate surface area is 143 Å². The van der Waals surface area contributed by atoms with Gasteiger partial charge in [0.1, 0.15) is 11.6 Å². The maximum atomic E-state index is 14.1. The summed E-state index contributed by atoms with van der Waals surface area (Å²) in [5.74, 6) is -4.85. The molecule has 2 aromatic rings. The standard InChI is InChI=1S/C17H11F7O2/c1-2-3-10-4-6-12(13(18)8-10)16(20,21)25-11-5-7-15(14(19)9-11)26-17(22,23)24/h2-9H,1H3/b3-2+. The molecule has 9 heteroatoms. The molecule has 0 aliphatic carbocycles. The second-order valence-corrected chi connectivity index (χ2v) is 5.00. The highest BCUT2D eigenvalue weighted by Crippen LogP contribution is 2.35. The molecule has 26 heavy (non-hydrogen) atoms. The number of halogens is 7. The second kappa shape index (κ2) is 7.27. The first-order valence-corrected chi connectivity index (χ1v) is 7.06. The van der Waals surface area contributed by atoms with Crippen molar-refractivity contribution in [2.45, 2.75) is 19.4 Å². The van der Waals surface area contributed by atoms with Crippen molar-refractivity contribution in [3.8, 4) is 11.5 Å². The molecule has 0 fully saturated rings. The van der Waals surface area contributed by atoms with E-state index in [0.717, 1.165) is 12.1 Å². The minimum absolute atomic E-state index is 0.279. The van der Waals surface area contributed by atoms with Gasteiger partial charge in [0.2, 0.25) is 0 Å². The lowest BCUT2D eigenvalue weighted by atomic mass is 10.1. The number of alkyl halides is 5. The minimum atomic E-state index is -5.15. The van der Waals surface area contributed by atoms with E-state index in [-0.39, 0.29) is 6.07 Å². The van der Waals surface area contributed by atoms with Crippen molar-refractivity contribution < 1.29 is 40.2 Å². The molecule has 2 rings (SSSR count). The van der Waals surface area contributed by atoms with Crippen molar-refractivity contribution in [1.29, 1.82) is 0 Å². The highest BCUT2D eigenvalue weighted by Gasteiger charge is 2.38. The first-order chi connectivity index (χ1) is 12.0. The van der Waals surface area contributed by atoms with Crippen LogP contribution in [0, 0.1) is 11.6 Å². The van der Waals surface area contributed by atoms with Crippen LogP contribution < -0.4 is 9.47 Å². The van der Waals surface area contributed by atoms with Crippen LogP contribution in [0.15, 0.2) is 42.5 Å². The second-order valence-electron chi connectivity index (χ2n) is 5.00. The molecule has 0 atom stereocenters. The molecule has 0 spiro atoms. The topological polar surface area (TPSA) is 18.5 Å². The predicted octanol–water partition coefficient (Wildman–Crippen LogP) is 6.02. The number of benzene rings is 2. The zero-order valence-corrected chi connectivity index (χ0v) is 13.1. The fourth-order valence-electron chi connectivity index (χ4n) is 2.02. The third kappa shape index (κ3) is 4.90. The van der Waals surface area contributed by atoms with Crippen LogP contribution in [0.3, 0.4) is 0 Å². The quantitative estimate of drug-likeness (QED) is 0.590. The van der Waals surface area contributed by atoms with Crippen molar-refractivity contribution in [2.75, 3.05) is 0 Å². The highest BCUT2D eigenvalue weighted by molar-refractivity contribution is 5.50. The van der Waals surface area contributed by atoms with Gasteiger partial charge < -0.3 is 9.47 Å². The number of hydrogen-bond acceptors (Lipinski definition) is 2. The largest absolute Gasteiger partial charge is 0.573 e. The van der Waals surface area contributed by atoms with Gasteiger partial charge in [-0.1, -0.05) is 18.2 Å². The summed E-state index contributed by atoms with van der Waals surface area (Å²) in [6, 6.07) is 4.26. The van der Waals surface area contributed by atoms with E-state index < -0.39 is 41.2 Å². The maximum absolute atomic E-state index is 14.1. The zero-order chi connectivity index (χ0) is 19.5. The van der Waals surface area contributed by atoms with Crippen LogP contribution in [0.4, 0.5) is 30.7 Å². The Balaban J connectivity index is 2.25. The molecule has 2 nitrogen and oxygen atoms in total. The number of allylic oxidation sites excluding steroid dienone is 1. The summed E-state index contributed by atoms with van der Waals surface area (Å²) in [5, 5.41) is 0. The Morgan fingerprint density at radius 3 is 2.08 bits per heavy atom. The molecule has 0 unspecified atom stereocenters. The third-order valence-electron chi connectivity index (χ3n) is 3.04. The fraction of sp³-hybridized carbons (Fsp3) is 0.176. The van der Waals surface area contributed by atoms with Crippen molar-refractivity contribution in [1.82, 2.24) is 0 Å². The average Bonchev–Trinajstić information content (AvgIpc) is 2.48. The summed E-state index contributed by atoms with van der Waals surface area (Å²) in [6.45, 7) is 1.66. The number of hydrogen-bond donors (Lipinski definition) is 0. The van der Waals surface area contributed by atoms with Gasteiger partial charge in [-0.3, -0.25) is 0 Å².